The molecule has 0 saturated carbocycles. The maximum Gasteiger partial charge on any atom is 0.265 e. The summed E-state index contributed by atoms with van der Waals surface area (Å²) in [5.41, 5.74) is 0.849. The van der Waals surface area contributed by atoms with E-state index in [1.165, 1.54) is 11.3 Å². The van der Waals surface area contributed by atoms with Gasteiger partial charge in [0.2, 0.25) is 0 Å². The van der Waals surface area contributed by atoms with Crippen LogP contribution < -0.4 is 0 Å². The highest BCUT2D eigenvalue weighted by molar-refractivity contribution is 7.13. The van der Waals surface area contributed by atoms with Crippen LogP contribution in [0.3, 0.4) is 0 Å². The highest BCUT2D eigenvalue weighted by atomic mass is 32.1. The van der Waals surface area contributed by atoms with Gasteiger partial charge in [-0.1, -0.05) is 13.8 Å². The van der Waals surface area contributed by atoms with Crippen molar-refractivity contribution in [2.24, 2.45) is 0 Å². The Hall–Kier alpha value is -0.980. The number of piperidine rings is 1. The van der Waals surface area contributed by atoms with Gasteiger partial charge >= 0.3 is 0 Å². The Bertz CT molecular complexity index is 525. The van der Waals surface area contributed by atoms with Crippen molar-refractivity contribution in [2.45, 2.75) is 45.3 Å². The van der Waals surface area contributed by atoms with Gasteiger partial charge in [0.25, 0.3) is 5.91 Å². The molecule has 0 atom stereocenters. The van der Waals surface area contributed by atoms with Crippen LogP contribution in [0.2, 0.25) is 0 Å². The third-order valence-electron chi connectivity index (χ3n) is 4.13. The second-order valence-corrected chi connectivity index (χ2v) is 7.05. The van der Waals surface area contributed by atoms with Crippen LogP contribution >= 0.6 is 11.3 Å². The third kappa shape index (κ3) is 2.84. The molecule has 6 heteroatoms. The second-order valence-electron chi connectivity index (χ2n) is 6.02. The number of rotatable bonds is 2. The van der Waals surface area contributed by atoms with E-state index >= 15 is 0 Å². The topological polar surface area (TPSA) is 51.7 Å². The zero-order chi connectivity index (χ0) is 15.0. The number of nitrogens with zero attached hydrogens (tertiary/aromatic N) is 2. The van der Waals surface area contributed by atoms with Crippen molar-refractivity contribution in [3.05, 3.63) is 15.6 Å². The molecule has 0 bridgehead atoms. The lowest BCUT2D eigenvalue weighted by molar-refractivity contribution is -0.181. The van der Waals surface area contributed by atoms with Gasteiger partial charge in [0.05, 0.1) is 23.9 Å². The van der Waals surface area contributed by atoms with E-state index < -0.39 is 5.79 Å². The summed E-state index contributed by atoms with van der Waals surface area (Å²) in [4.78, 5) is 19.9. The minimum Gasteiger partial charge on any atom is -0.347 e. The van der Waals surface area contributed by atoms with Crippen LogP contribution in [0.4, 0.5) is 0 Å². The molecule has 1 aromatic rings. The summed E-state index contributed by atoms with van der Waals surface area (Å²) >= 11 is 1.53. The lowest BCUT2D eigenvalue weighted by atomic mass is 10.0. The molecule has 0 radical (unpaired) electrons. The molecule has 21 heavy (non-hydrogen) atoms. The van der Waals surface area contributed by atoms with Gasteiger partial charge in [-0.15, -0.1) is 11.3 Å². The molecule has 0 aromatic carbocycles. The van der Waals surface area contributed by atoms with Gasteiger partial charge < -0.3 is 14.4 Å². The molecule has 3 heterocycles. The van der Waals surface area contributed by atoms with Crippen LogP contribution in [0.25, 0.3) is 0 Å². The van der Waals surface area contributed by atoms with E-state index in [9.17, 15) is 4.79 Å². The van der Waals surface area contributed by atoms with Crippen molar-refractivity contribution in [3.63, 3.8) is 0 Å². The van der Waals surface area contributed by atoms with E-state index in [4.69, 9.17) is 9.47 Å². The second kappa shape index (κ2) is 5.66. The molecular formula is C15H22N2O3S. The number of aryl methyl sites for hydroxylation is 1. The largest absolute Gasteiger partial charge is 0.347 e. The first-order chi connectivity index (χ1) is 10.0. The van der Waals surface area contributed by atoms with Crippen LogP contribution in [0.1, 0.15) is 53.0 Å². The Morgan fingerprint density at radius 3 is 2.43 bits per heavy atom. The zero-order valence-corrected chi connectivity index (χ0v) is 13.7. The molecule has 0 unspecified atom stereocenters. The third-order valence-corrected chi connectivity index (χ3v) is 5.57. The summed E-state index contributed by atoms with van der Waals surface area (Å²) in [6.45, 7) is 8.84. The number of carbonyl (C=O) groups excluding carboxylic acids is 1. The van der Waals surface area contributed by atoms with Crippen molar-refractivity contribution >= 4 is 17.2 Å². The number of hydrogen-bond donors (Lipinski definition) is 0. The summed E-state index contributed by atoms with van der Waals surface area (Å²) < 4.78 is 11.4. The fourth-order valence-electron chi connectivity index (χ4n) is 2.84. The molecule has 2 saturated heterocycles. The Balaban J connectivity index is 1.69. The fraction of sp³-hybridized carbons (Fsp3) is 0.733. The first-order valence-corrected chi connectivity index (χ1v) is 8.37. The monoisotopic (exact) mass is 310 g/mol. The lowest BCUT2D eigenvalue weighted by Crippen LogP contribution is -2.47. The Kier molecular flexibility index (Phi) is 4.03. The molecule has 3 rings (SSSR count). The number of thiazole rings is 1. The Labute approximate surface area is 129 Å². The van der Waals surface area contributed by atoms with Crippen LogP contribution in [0.5, 0.6) is 0 Å². The highest BCUT2D eigenvalue weighted by Crippen LogP contribution is 2.33. The van der Waals surface area contributed by atoms with Crippen LogP contribution in [0.15, 0.2) is 0 Å². The fourth-order valence-corrected chi connectivity index (χ4v) is 3.88. The van der Waals surface area contributed by atoms with Gasteiger partial charge in [-0.05, 0) is 6.92 Å². The van der Waals surface area contributed by atoms with E-state index in [0.717, 1.165) is 28.4 Å². The minimum absolute atomic E-state index is 0.102. The normalized spacial score (nSPS) is 21.4. The summed E-state index contributed by atoms with van der Waals surface area (Å²) in [5.74, 6) is 0.0349. The summed E-state index contributed by atoms with van der Waals surface area (Å²) in [7, 11) is 0. The van der Waals surface area contributed by atoms with E-state index in [-0.39, 0.29) is 5.91 Å². The molecule has 2 aliphatic heterocycles. The van der Waals surface area contributed by atoms with Gasteiger partial charge in [-0.25, -0.2) is 4.98 Å². The number of hydrogen-bond acceptors (Lipinski definition) is 5. The van der Waals surface area contributed by atoms with Crippen LogP contribution in [0, 0.1) is 6.92 Å². The van der Waals surface area contributed by atoms with E-state index in [1.807, 2.05) is 11.8 Å². The Morgan fingerprint density at radius 2 is 1.90 bits per heavy atom. The predicted octanol–water partition coefficient (Wildman–Crippen LogP) is 2.55. The van der Waals surface area contributed by atoms with Gasteiger partial charge in [-0.2, -0.15) is 0 Å². The zero-order valence-electron chi connectivity index (χ0n) is 12.8. The Morgan fingerprint density at radius 1 is 1.29 bits per heavy atom. The first kappa shape index (κ1) is 14.9. The van der Waals surface area contributed by atoms with Gasteiger partial charge in [0.15, 0.2) is 5.79 Å². The molecule has 1 spiro atoms. The van der Waals surface area contributed by atoms with E-state index in [1.54, 1.807) is 0 Å². The lowest BCUT2D eigenvalue weighted by Gasteiger charge is -2.37. The van der Waals surface area contributed by atoms with Crippen molar-refractivity contribution in [3.8, 4) is 0 Å². The predicted molar refractivity (Wildman–Crippen MR) is 80.7 cm³/mol. The summed E-state index contributed by atoms with van der Waals surface area (Å²) in [6, 6.07) is 0. The SMILES string of the molecule is Cc1nc(C(C)C)sc1C(=O)N1CCC2(CC1)OCCO2. The average molecular weight is 310 g/mol. The molecule has 5 nitrogen and oxygen atoms in total. The standard InChI is InChI=1S/C15H22N2O3S/c1-10(2)13-16-11(3)12(21-13)14(18)17-6-4-15(5-7-17)19-8-9-20-15/h10H,4-9H2,1-3H3. The minimum atomic E-state index is -0.428. The van der Waals surface area contributed by atoms with Gasteiger partial charge in [-0.3, -0.25) is 4.79 Å². The maximum absolute atomic E-state index is 12.7. The summed E-state index contributed by atoms with van der Waals surface area (Å²) in [5, 5.41) is 1.03. The number of amides is 1. The van der Waals surface area contributed by atoms with E-state index in [0.29, 0.717) is 32.2 Å². The molecule has 1 aromatic heterocycles. The molecule has 1 amide bonds. The number of ether oxygens (including phenoxy) is 2. The molecule has 116 valence electrons. The van der Waals surface area contributed by atoms with Crippen molar-refractivity contribution in [1.82, 2.24) is 9.88 Å². The molecule has 0 N–H and O–H groups in total. The summed E-state index contributed by atoms with van der Waals surface area (Å²) in [6.07, 6.45) is 1.52. The number of aromatic nitrogens is 1. The van der Waals surface area contributed by atoms with E-state index in [2.05, 4.69) is 18.8 Å². The van der Waals surface area contributed by atoms with Crippen LogP contribution in [-0.4, -0.2) is 47.9 Å². The van der Waals surface area contributed by atoms with Gasteiger partial charge in [0.1, 0.15) is 4.88 Å². The van der Waals surface area contributed by atoms with Crippen molar-refractivity contribution in [2.75, 3.05) is 26.3 Å². The van der Waals surface area contributed by atoms with Gasteiger partial charge in [0, 0.05) is 31.8 Å². The maximum atomic E-state index is 12.7. The quantitative estimate of drug-likeness (QED) is 0.842. The van der Waals surface area contributed by atoms with Crippen molar-refractivity contribution in [1.29, 1.82) is 0 Å². The molecule has 0 aliphatic carbocycles. The molecular weight excluding hydrogens is 288 g/mol. The molecule has 2 aliphatic rings. The highest BCUT2D eigenvalue weighted by Gasteiger charge is 2.41. The smallest absolute Gasteiger partial charge is 0.265 e. The number of carbonyl (C=O) groups is 1. The average Bonchev–Trinajstić information content (AvgIpc) is 3.06. The van der Waals surface area contributed by atoms with Crippen LogP contribution in [-0.2, 0) is 9.47 Å². The first-order valence-electron chi connectivity index (χ1n) is 7.55. The number of likely N-dealkylation sites (tertiary alicyclic amines) is 1. The van der Waals surface area contributed by atoms with Crippen molar-refractivity contribution < 1.29 is 14.3 Å². The molecule has 2 fully saturated rings.